The summed E-state index contributed by atoms with van der Waals surface area (Å²) < 4.78 is 17.0. The van der Waals surface area contributed by atoms with Crippen molar-refractivity contribution in [2.75, 3.05) is 18.6 Å². The number of ketones is 1. The quantitative estimate of drug-likeness (QED) is 0.276. The van der Waals surface area contributed by atoms with E-state index < -0.39 is 17.7 Å². The lowest BCUT2D eigenvalue weighted by Crippen LogP contribution is -2.29. The molecule has 0 saturated carbocycles. The van der Waals surface area contributed by atoms with Crippen LogP contribution in [0.5, 0.6) is 17.2 Å². The Morgan fingerprint density at radius 1 is 1.05 bits per heavy atom. The van der Waals surface area contributed by atoms with Crippen molar-refractivity contribution >= 4 is 23.1 Å². The fourth-order valence-electron chi connectivity index (χ4n) is 4.91. The molecule has 0 aromatic heterocycles. The van der Waals surface area contributed by atoms with Crippen LogP contribution in [0.4, 0.5) is 5.69 Å². The molecule has 2 aliphatic rings. The lowest BCUT2D eigenvalue weighted by molar-refractivity contribution is -0.132. The lowest BCUT2D eigenvalue weighted by Gasteiger charge is -2.27. The molecule has 1 N–H and O–H groups in total. The summed E-state index contributed by atoms with van der Waals surface area (Å²) in [4.78, 5) is 28.4. The van der Waals surface area contributed by atoms with E-state index in [4.69, 9.17) is 14.2 Å². The third kappa shape index (κ3) is 4.53. The molecule has 2 heterocycles. The van der Waals surface area contributed by atoms with Crippen molar-refractivity contribution in [1.82, 2.24) is 0 Å². The smallest absolute Gasteiger partial charge is 0.300 e. The number of amides is 1. The minimum Gasteiger partial charge on any atom is -0.507 e. The number of hydrogen-bond acceptors (Lipinski definition) is 6. The number of hydrogen-bond donors (Lipinski definition) is 1. The Kier molecular flexibility index (Phi) is 6.61. The molecule has 37 heavy (non-hydrogen) atoms. The van der Waals surface area contributed by atoms with Gasteiger partial charge in [0.2, 0.25) is 0 Å². The van der Waals surface area contributed by atoms with Crippen molar-refractivity contribution in [2.24, 2.45) is 0 Å². The molecule has 2 aliphatic heterocycles. The van der Waals surface area contributed by atoms with Gasteiger partial charge in [-0.2, -0.15) is 0 Å². The van der Waals surface area contributed by atoms with Gasteiger partial charge >= 0.3 is 0 Å². The Morgan fingerprint density at radius 3 is 2.54 bits per heavy atom. The van der Waals surface area contributed by atoms with Gasteiger partial charge in [-0.15, -0.1) is 0 Å². The fraction of sp³-hybridized carbons (Fsp3) is 0.267. The molecule has 1 saturated heterocycles. The van der Waals surface area contributed by atoms with Crippen LogP contribution in [0.3, 0.4) is 0 Å². The summed E-state index contributed by atoms with van der Waals surface area (Å²) in [6, 6.07) is 18.6. The number of rotatable bonds is 6. The SMILES string of the molecule is COc1ccccc1C1/C(=C(\O)c2ccc3c(c2)CCCO3)C(=O)C(=O)N1c1ccc(OC(C)C)cc1. The second kappa shape index (κ2) is 10.0. The Labute approximate surface area is 215 Å². The summed E-state index contributed by atoms with van der Waals surface area (Å²) in [7, 11) is 1.53. The summed E-state index contributed by atoms with van der Waals surface area (Å²) in [5.41, 5.74) is 2.53. The lowest BCUT2D eigenvalue weighted by atomic mass is 9.93. The maximum atomic E-state index is 13.5. The minimum atomic E-state index is -0.889. The van der Waals surface area contributed by atoms with Crippen LogP contribution in [0.15, 0.2) is 72.3 Å². The third-order valence-corrected chi connectivity index (χ3v) is 6.55. The molecule has 5 rings (SSSR count). The van der Waals surface area contributed by atoms with Gasteiger partial charge in [0.1, 0.15) is 23.0 Å². The number of aliphatic hydroxyl groups excluding tert-OH is 1. The number of aliphatic hydroxyl groups is 1. The Bertz CT molecular complexity index is 1380. The summed E-state index contributed by atoms with van der Waals surface area (Å²) in [5, 5.41) is 11.5. The zero-order chi connectivity index (χ0) is 26.1. The number of Topliss-reactive ketones (excluding diaryl/α,β-unsaturated/α-hetero) is 1. The van der Waals surface area contributed by atoms with Gasteiger partial charge in [-0.05, 0) is 80.8 Å². The van der Waals surface area contributed by atoms with Gasteiger partial charge in [-0.3, -0.25) is 14.5 Å². The Morgan fingerprint density at radius 2 is 1.81 bits per heavy atom. The van der Waals surface area contributed by atoms with E-state index in [0.29, 0.717) is 34.9 Å². The van der Waals surface area contributed by atoms with E-state index in [-0.39, 0.29) is 17.4 Å². The zero-order valence-electron chi connectivity index (χ0n) is 21.1. The second-order valence-corrected chi connectivity index (χ2v) is 9.35. The van der Waals surface area contributed by atoms with Crippen molar-refractivity contribution in [2.45, 2.75) is 38.8 Å². The average molecular weight is 500 g/mol. The number of aryl methyl sites for hydroxylation is 1. The first-order chi connectivity index (χ1) is 17.9. The number of carbonyl (C=O) groups is 2. The zero-order valence-corrected chi connectivity index (χ0v) is 21.1. The van der Waals surface area contributed by atoms with E-state index in [1.54, 1.807) is 48.5 Å². The number of anilines is 1. The average Bonchev–Trinajstić information content (AvgIpc) is 3.18. The molecule has 0 bridgehead atoms. The van der Waals surface area contributed by atoms with E-state index in [1.165, 1.54) is 12.0 Å². The monoisotopic (exact) mass is 499 g/mol. The Balaban J connectivity index is 1.66. The van der Waals surface area contributed by atoms with Crippen LogP contribution >= 0.6 is 0 Å². The van der Waals surface area contributed by atoms with Crippen molar-refractivity contribution in [3.8, 4) is 17.2 Å². The highest BCUT2D eigenvalue weighted by Crippen LogP contribution is 2.45. The van der Waals surface area contributed by atoms with E-state index in [2.05, 4.69) is 0 Å². The fourth-order valence-corrected chi connectivity index (χ4v) is 4.91. The first-order valence-corrected chi connectivity index (χ1v) is 12.4. The van der Waals surface area contributed by atoms with Crippen LogP contribution in [-0.2, 0) is 16.0 Å². The molecule has 1 fully saturated rings. The molecule has 1 atom stereocenters. The molecule has 3 aromatic carbocycles. The van der Waals surface area contributed by atoms with E-state index in [1.807, 2.05) is 32.0 Å². The van der Waals surface area contributed by atoms with Gasteiger partial charge < -0.3 is 19.3 Å². The minimum absolute atomic E-state index is 0.00400. The molecule has 1 unspecified atom stereocenters. The highest BCUT2D eigenvalue weighted by molar-refractivity contribution is 6.51. The van der Waals surface area contributed by atoms with Crippen molar-refractivity contribution in [1.29, 1.82) is 0 Å². The molecule has 1 amide bonds. The highest BCUT2D eigenvalue weighted by Gasteiger charge is 2.48. The van der Waals surface area contributed by atoms with Crippen molar-refractivity contribution < 1.29 is 28.9 Å². The first-order valence-electron chi connectivity index (χ1n) is 12.4. The van der Waals surface area contributed by atoms with Crippen LogP contribution in [0.1, 0.15) is 43.0 Å². The molecular formula is C30H29NO6. The van der Waals surface area contributed by atoms with Gasteiger partial charge in [0.05, 0.1) is 31.4 Å². The van der Waals surface area contributed by atoms with Gasteiger partial charge in [0.15, 0.2) is 0 Å². The third-order valence-electron chi connectivity index (χ3n) is 6.55. The largest absolute Gasteiger partial charge is 0.507 e. The number of nitrogens with zero attached hydrogens (tertiary/aromatic N) is 1. The standard InChI is InChI=1S/C30H29NO6/c1-18(2)37-22-13-11-21(12-14-22)31-27(23-8-4-5-9-25(23)35-3)26(29(33)30(31)34)28(32)20-10-15-24-19(17-20)7-6-16-36-24/h4-5,8-15,17-18,27,32H,6-7,16H2,1-3H3/b28-26+. The van der Waals surface area contributed by atoms with Gasteiger partial charge in [0, 0.05) is 16.8 Å². The molecule has 190 valence electrons. The van der Waals surface area contributed by atoms with Crippen molar-refractivity contribution in [3.63, 3.8) is 0 Å². The van der Waals surface area contributed by atoms with Crippen LogP contribution in [-0.4, -0.2) is 36.6 Å². The van der Waals surface area contributed by atoms with Gasteiger partial charge in [0.25, 0.3) is 11.7 Å². The molecule has 0 spiro atoms. The number of ether oxygens (including phenoxy) is 3. The predicted octanol–water partition coefficient (Wildman–Crippen LogP) is 5.43. The Hall–Kier alpha value is -4.26. The van der Waals surface area contributed by atoms with Gasteiger partial charge in [-0.25, -0.2) is 0 Å². The van der Waals surface area contributed by atoms with E-state index >= 15 is 0 Å². The molecule has 0 aliphatic carbocycles. The normalized spacial score (nSPS) is 18.5. The molecular weight excluding hydrogens is 470 g/mol. The number of carbonyl (C=O) groups excluding carboxylic acids is 2. The number of para-hydroxylation sites is 1. The first kappa shape index (κ1) is 24.4. The van der Waals surface area contributed by atoms with Gasteiger partial charge in [-0.1, -0.05) is 18.2 Å². The predicted molar refractivity (Wildman–Crippen MR) is 140 cm³/mol. The van der Waals surface area contributed by atoms with Crippen LogP contribution < -0.4 is 19.1 Å². The van der Waals surface area contributed by atoms with Crippen LogP contribution in [0.25, 0.3) is 5.76 Å². The van der Waals surface area contributed by atoms with E-state index in [9.17, 15) is 14.7 Å². The molecule has 7 nitrogen and oxygen atoms in total. The summed E-state index contributed by atoms with van der Waals surface area (Å²) in [6.45, 7) is 4.51. The van der Waals surface area contributed by atoms with Crippen molar-refractivity contribution in [3.05, 3.63) is 89.0 Å². The molecule has 7 heteroatoms. The molecule has 0 radical (unpaired) electrons. The number of benzene rings is 3. The number of fused-ring (bicyclic) bond motifs is 1. The second-order valence-electron chi connectivity index (χ2n) is 9.35. The van der Waals surface area contributed by atoms with Crippen LogP contribution in [0.2, 0.25) is 0 Å². The number of methoxy groups -OCH3 is 1. The highest BCUT2D eigenvalue weighted by atomic mass is 16.5. The summed E-state index contributed by atoms with van der Waals surface area (Å²) >= 11 is 0. The molecule has 3 aromatic rings. The topological polar surface area (TPSA) is 85.3 Å². The maximum absolute atomic E-state index is 13.5. The summed E-state index contributed by atoms with van der Waals surface area (Å²) in [6.07, 6.45) is 1.68. The van der Waals surface area contributed by atoms with Crippen LogP contribution in [0, 0.1) is 0 Å². The maximum Gasteiger partial charge on any atom is 0.300 e. The van der Waals surface area contributed by atoms with E-state index in [0.717, 1.165) is 24.2 Å². The summed E-state index contributed by atoms with van der Waals surface area (Å²) in [5.74, 6) is 0.212.